The largest absolute Gasteiger partial charge is 0.379 e. The molecule has 1 saturated heterocycles. The van der Waals surface area contributed by atoms with E-state index in [0.717, 1.165) is 32.8 Å². The summed E-state index contributed by atoms with van der Waals surface area (Å²) in [5, 5.41) is 0. The molecule has 0 N–H and O–H groups in total. The number of hydrogen-bond acceptors (Lipinski definition) is 2. The Bertz CT molecular complexity index is 380. The normalized spacial score (nSPS) is 17.6. The molecule has 0 spiro atoms. The molecule has 1 fully saturated rings. The van der Waals surface area contributed by atoms with Crippen LogP contribution >= 0.6 is 0 Å². The Hall–Kier alpha value is -1.12. The van der Waals surface area contributed by atoms with Gasteiger partial charge in [-0.1, -0.05) is 42.0 Å². The number of ether oxygens (including phenoxy) is 1. The van der Waals surface area contributed by atoms with Crippen molar-refractivity contribution in [3.05, 3.63) is 47.5 Å². The highest BCUT2D eigenvalue weighted by Gasteiger charge is 2.09. The van der Waals surface area contributed by atoms with Gasteiger partial charge in [0.1, 0.15) is 0 Å². The number of morpholine rings is 1. The first-order valence-corrected chi connectivity index (χ1v) is 7.34. The monoisotopic (exact) mass is 259 g/mol. The van der Waals surface area contributed by atoms with E-state index in [4.69, 9.17) is 4.74 Å². The van der Waals surface area contributed by atoms with Crippen LogP contribution < -0.4 is 0 Å². The van der Waals surface area contributed by atoms with Gasteiger partial charge in [-0.2, -0.15) is 0 Å². The summed E-state index contributed by atoms with van der Waals surface area (Å²) in [5.74, 6) is 0. The molecule has 1 aromatic rings. The Labute approximate surface area is 117 Å². The number of allylic oxidation sites excluding steroid dienone is 1. The first kappa shape index (κ1) is 14.3. The maximum atomic E-state index is 5.37. The number of nitrogens with zero attached hydrogens (tertiary/aromatic N) is 1. The van der Waals surface area contributed by atoms with Crippen molar-refractivity contribution < 1.29 is 4.74 Å². The molecule has 104 valence electrons. The van der Waals surface area contributed by atoms with Crippen LogP contribution in [0.5, 0.6) is 0 Å². The molecule has 0 atom stereocenters. The lowest BCUT2D eigenvalue weighted by Gasteiger charge is -2.26. The molecule has 0 amide bonds. The fourth-order valence-corrected chi connectivity index (χ4v) is 2.48. The summed E-state index contributed by atoms with van der Waals surface area (Å²) in [5.41, 5.74) is 2.94. The van der Waals surface area contributed by atoms with Crippen LogP contribution in [0.2, 0.25) is 0 Å². The quantitative estimate of drug-likeness (QED) is 0.574. The van der Waals surface area contributed by atoms with Gasteiger partial charge in [0.25, 0.3) is 0 Å². The van der Waals surface area contributed by atoms with E-state index in [1.54, 1.807) is 0 Å². The summed E-state index contributed by atoms with van der Waals surface area (Å²) in [6.45, 7) is 7.29. The van der Waals surface area contributed by atoms with Crippen LogP contribution in [0.4, 0.5) is 0 Å². The molecule has 0 bridgehead atoms. The van der Waals surface area contributed by atoms with Gasteiger partial charge >= 0.3 is 0 Å². The molecule has 2 nitrogen and oxygen atoms in total. The molecular weight excluding hydrogens is 234 g/mol. The molecule has 0 saturated carbocycles. The fourth-order valence-electron chi connectivity index (χ4n) is 2.48. The highest BCUT2D eigenvalue weighted by Crippen LogP contribution is 2.08. The average Bonchev–Trinajstić information content (AvgIpc) is 2.46. The van der Waals surface area contributed by atoms with Crippen LogP contribution in [0.15, 0.2) is 42.0 Å². The smallest absolute Gasteiger partial charge is 0.0594 e. The Morgan fingerprint density at radius 2 is 1.95 bits per heavy atom. The van der Waals surface area contributed by atoms with Crippen LogP contribution in [-0.2, 0) is 11.2 Å². The second-order valence-corrected chi connectivity index (χ2v) is 5.32. The van der Waals surface area contributed by atoms with Gasteiger partial charge in [-0.25, -0.2) is 0 Å². The van der Waals surface area contributed by atoms with Crippen molar-refractivity contribution in [2.24, 2.45) is 0 Å². The molecule has 2 heteroatoms. The zero-order valence-electron chi connectivity index (χ0n) is 12.0. The van der Waals surface area contributed by atoms with Crippen LogP contribution in [0.3, 0.4) is 0 Å². The van der Waals surface area contributed by atoms with E-state index in [9.17, 15) is 0 Å². The lowest BCUT2D eigenvalue weighted by molar-refractivity contribution is 0.0422. The van der Waals surface area contributed by atoms with Gasteiger partial charge in [0.2, 0.25) is 0 Å². The SMILES string of the molecule is C/C(=C\CCCc1ccccc1)CN1CCOCC1. The summed E-state index contributed by atoms with van der Waals surface area (Å²) in [6, 6.07) is 10.7. The Balaban J connectivity index is 1.64. The zero-order valence-corrected chi connectivity index (χ0v) is 12.0. The predicted octanol–water partition coefficient (Wildman–Crippen LogP) is 3.29. The minimum atomic E-state index is 0.890. The Kier molecular flexibility index (Phi) is 6.12. The molecule has 0 aromatic heterocycles. The van der Waals surface area contributed by atoms with E-state index >= 15 is 0 Å². The van der Waals surface area contributed by atoms with Gasteiger partial charge in [0, 0.05) is 19.6 Å². The maximum Gasteiger partial charge on any atom is 0.0594 e. The molecule has 0 unspecified atom stereocenters. The van der Waals surface area contributed by atoms with Gasteiger partial charge in [0.15, 0.2) is 0 Å². The lowest BCUT2D eigenvalue weighted by atomic mass is 10.1. The molecule has 1 aromatic carbocycles. The Morgan fingerprint density at radius 3 is 2.68 bits per heavy atom. The van der Waals surface area contributed by atoms with Gasteiger partial charge in [0.05, 0.1) is 13.2 Å². The van der Waals surface area contributed by atoms with Crippen molar-refractivity contribution in [3.8, 4) is 0 Å². The van der Waals surface area contributed by atoms with Gasteiger partial charge < -0.3 is 4.74 Å². The number of unbranched alkanes of at least 4 members (excludes halogenated alkanes) is 1. The lowest BCUT2D eigenvalue weighted by Crippen LogP contribution is -2.37. The number of benzene rings is 1. The molecule has 0 aliphatic carbocycles. The molecule has 0 radical (unpaired) electrons. The number of hydrogen-bond donors (Lipinski definition) is 0. The molecule has 1 aliphatic heterocycles. The minimum absolute atomic E-state index is 0.890. The molecule has 1 aliphatic rings. The molecule has 2 rings (SSSR count). The topological polar surface area (TPSA) is 12.5 Å². The summed E-state index contributed by atoms with van der Waals surface area (Å²) in [7, 11) is 0. The van der Waals surface area contributed by atoms with E-state index < -0.39 is 0 Å². The summed E-state index contributed by atoms with van der Waals surface area (Å²) in [4.78, 5) is 2.48. The van der Waals surface area contributed by atoms with E-state index in [1.165, 1.54) is 30.4 Å². The van der Waals surface area contributed by atoms with E-state index in [1.807, 2.05) is 0 Å². The molecule has 1 heterocycles. The first-order valence-electron chi connectivity index (χ1n) is 7.34. The zero-order chi connectivity index (χ0) is 13.3. The van der Waals surface area contributed by atoms with Gasteiger partial charge in [-0.3, -0.25) is 4.90 Å². The van der Waals surface area contributed by atoms with Crippen LogP contribution in [0.1, 0.15) is 25.3 Å². The van der Waals surface area contributed by atoms with Crippen molar-refractivity contribution in [1.29, 1.82) is 0 Å². The third kappa shape index (κ3) is 5.58. The predicted molar refractivity (Wildman–Crippen MR) is 80.4 cm³/mol. The number of rotatable bonds is 6. The van der Waals surface area contributed by atoms with E-state index in [-0.39, 0.29) is 0 Å². The summed E-state index contributed by atoms with van der Waals surface area (Å²) >= 11 is 0. The van der Waals surface area contributed by atoms with Crippen molar-refractivity contribution in [2.75, 3.05) is 32.8 Å². The van der Waals surface area contributed by atoms with Crippen molar-refractivity contribution in [2.45, 2.75) is 26.2 Å². The molecule has 19 heavy (non-hydrogen) atoms. The number of aryl methyl sites for hydroxylation is 1. The maximum absolute atomic E-state index is 5.37. The summed E-state index contributed by atoms with van der Waals surface area (Å²) in [6.07, 6.45) is 6.01. The van der Waals surface area contributed by atoms with Gasteiger partial charge in [-0.15, -0.1) is 0 Å². The fraction of sp³-hybridized carbons (Fsp3) is 0.529. The second-order valence-electron chi connectivity index (χ2n) is 5.32. The van der Waals surface area contributed by atoms with Crippen molar-refractivity contribution in [1.82, 2.24) is 4.90 Å². The minimum Gasteiger partial charge on any atom is -0.379 e. The highest BCUT2D eigenvalue weighted by atomic mass is 16.5. The van der Waals surface area contributed by atoms with Crippen LogP contribution in [0, 0.1) is 0 Å². The van der Waals surface area contributed by atoms with E-state index in [0.29, 0.717) is 0 Å². The van der Waals surface area contributed by atoms with Crippen molar-refractivity contribution in [3.63, 3.8) is 0 Å². The standard InChI is InChI=1S/C17H25NO/c1-16(15-18-11-13-19-14-12-18)7-5-6-10-17-8-3-2-4-9-17/h2-4,7-9H,5-6,10-15H2,1H3/b16-7+. The van der Waals surface area contributed by atoms with Crippen LogP contribution in [0.25, 0.3) is 0 Å². The summed E-state index contributed by atoms with van der Waals surface area (Å²) < 4.78 is 5.37. The molecular formula is C17H25NO. The Morgan fingerprint density at radius 1 is 1.21 bits per heavy atom. The third-order valence-corrected chi connectivity index (χ3v) is 3.58. The third-order valence-electron chi connectivity index (χ3n) is 3.58. The van der Waals surface area contributed by atoms with Crippen LogP contribution in [-0.4, -0.2) is 37.7 Å². The van der Waals surface area contributed by atoms with Gasteiger partial charge in [-0.05, 0) is 31.7 Å². The first-order chi connectivity index (χ1) is 9.34. The highest BCUT2D eigenvalue weighted by molar-refractivity contribution is 5.14. The van der Waals surface area contributed by atoms with E-state index in [2.05, 4.69) is 48.2 Å². The average molecular weight is 259 g/mol. The second kappa shape index (κ2) is 8.13. The van der Waals surface area contributed by atoms with Crippen molar-refractivity contribution >= 4 is 0 Å².